The van der Waals surface area contributed by atoms with Gasteiger partial charge in [0.1, 0.15) is 6.10 Å². The number of carbonyl (C=O) groups excluding carboxylic acids is 1. The summed E-state index contributed by atoms with van der Waals surface area (Å²) in [5.74, 6) is 0. The molecule has 0 bridgehead atoms. The maximum Gasteiger partial charge on any atom is 0.293 e. The second-order valence-electron chi connectivity index (χ2n) is 3.14. The van der Waals surface area contributed by atoms with E-state index in [1.807, 2.05) is 0 Å². The van der Waals surface area contributed by atoms with Gasteiger partial charge in [0.2, 0.25) is 0 Å². The molecule has 0 N–H and O–H groups in total. The number of hydrogen-bond acceptors (Lipinski definition) is 2. The van der Waals surface area contributed by atoms with Gasteiger partial charge in [-0.05, 0) is 12.8 Å². The lowest BCUT2D eigenvalue weighted by molar-refractivity contribution is -0.134. The molecule has 2 nitrogen and oxygen atoms in total. The third-order valence-electron chi connectivity index (χ3n) is 2.01. The van der Waals surface area contributed by atoms with Crippen molar-refractivity contribution in [3.05, 3.63) is 0 Å². The molecule has 0 spiro atoms. The van der Waals surface area contributed by atoms with Crippen LogP contribution in [0.4, 0.5) is 0 Å². The highest BCUT2D eigenvalue weighted by atomic mass is 16.5. The van der Waals surface area contributed by atoms with Gasteiger partial charge < -0.3 is 4.74 Å². The van der Waals surface area contributed by atoms with Gasteiger partial charge in [-0.3, -0.25) is 4.79 Å². The summed E-state index contributed by atoms with van der Waals surface area (Å²) < 4.78 is 4.97. The van der Waals surface area contributed by atoms with Gasteiger partial charge in [0, 0.05) is 0 Å². The number of rotatable bonds is 8. The monoisotopic (exact) mass is 172 g/mol. The minimum Gasteiger partial charge on any atom is -0.465 e. The van der Waals surface area contributed by atoms with E-state index < -0.39 is 0 Å². The molecule has 0 aliphatic rings. The zero-order valence-electron chi connectivity index (χ0n) is 8.21. The number of ether oxygens (including phenoxy) is 1. The largest absolute Gasteiger partial charge is 0.465 e. The molecular weight excluding hydrogens is 152 g/mol. The first-order chi connectivity index (χ1) is 5.85. The molecule has 2 heteroatoms. The van der Waals surface area contributed by atoms with Crippen LogP contribution in [0.3, 0.4) is 0 Å². The molecule has 0 heterocycles. The third kappa shape index (κ3) is 6.20. The lowest BCUT2D eigenvalue weighted by Crippen LogP contribution is -2.11. The Kier molecular flexibility index (Phi) is 8.19. The maximum absolute atomic E-state index is 10.1. The SMILES string of the molecule is CCCCC(CCCC)OC=O. The van der Waals surface area contributed by atoms with E-state index in [4.69, 9.17) is 4.74 Å². The Morgan fingerprint density at radius 1 is 1.17 bits per heavy atom. The zero-order chi connectivity index (χ0) is 9.23. The van der Waals surface area contributed by atoms with E-state index in [9.17, 15) is 4.79 Å². The Hall–Kier alpha value is -0.530. The fourth-order valence-electron chi connectivity index (χ4n) is 1.22. The molecule has 0 rings (SSSR count). The third-order valence-corrected chi connectivity index (χ3v) is 2.01. The molecule has 0 fully saturated rings. The van der Waals surface area contributed by atoms with Crippen LogP contribution in [0.1, 0.15) is 52.4 Å². The van der Waals surface area contributed by atoms with Crippen LogP contribution in [0.15, 0.2) is 0 Å². The maximum atomic E-state index is 10.1. The van der Waals surface area contributed by atoms with E-state index in [1.165, 1.54) is 12.8 Å². The molecule has 0 radical (unpaired) electrons. The lowest BCUT2D eigenvalue weighted by atomic mass is 10.1. The molecule has 0 aromatic heterocycles. The Bertz CT molecular complexity index is 94.0. The summed E-state index contributed by atoms with van der Waals surface area (Å²) in [6.07, 6.45) is 6.87. The molecule has 0 atom stereocenters. The van der Waals surface area contributed by atoms with Gasteiger partial charge in [0.05, 0.1) is 0 Å². The van der Waals surface area contributed by atoms with E-state index in [1.54, 1.807) is 0 Å². The smallest absolute Gasteiger partial charge is 0.293 e. The summed E-state index contributed by atoms with van der Waals surface area (Å²) >= 11 is 0. The van der Waals surface area contributed by atoms with E-state index in [-0.39, 0.29) is 6.10 Å². The van der Waals surface area contributed by atoms with Crippen LogP contribution in [-0.2, 0) is 9.53 Å². The number of unbranched alkanes of at least 4 members (excludes halogenated alkanes) is 2. The molecule has 72 valence electrons. The van der Waals surface area contributed by atoms with Crippen molar-refractivity contribution in [2.75, 3.05) is 0 Å². The van der Waals surface area contributed by atoms with Crippen molar-refractivity contribution < 1.29 is 9.53 Å². The number of carbonyl (C=O) groups is 1. The predicted octanol–water partition coefficient (Wildman–Crippen LogP) is 2.91. The van der Waals surface area contributed by atoms with E-state index in [2.05, 4.69) is 13.8 Å². The highest BCUT2D eigenvalue weighted by Crippen LogP contribution is 2.11. The standard InChI is InChI=1S/C10H20O2/c1-3-5-7-10(12-9-11)8-6-4-2/h9-10H,3-8H2,1-2H3. The Labute approximate surface area is 75.3 Å². The average Bonchev–Trinajstić information content (AvgIpc) is 2.10. The molecule has 0 amide bonds. The van der Waals surface area contributed by atoms with E-state index in [0.29, 0.717) is 6.47 Å². The highest BCUT2D eigenvalue weighted by molar-refractivity contribution is 5.37. The molecule has 0 saturated heterocycles. The minimum atomic E-state index is 0.169. The second-order valence-corrected chi connectivity index (χ2v) is 3.14. The summed E-state index contributed by atoms with van der Waals surface area (Å²) in [4.78, 5) is 10.1. The van der Waals surface area contributed by atoms with Crippen LogP contribution in [0.5, 0.6) is 0 Å². The van der Waals surface area contributed by atoms with Crippen molar-refractivity contribution in [3.63, 3.8) is 0 Å². The first-order valence-corrected chi connectivity index (χ1v) is 4.94. The van der Waals surface area contributed by atoms with Gasteiger partial charge in [-0.1, -0.05) is 39.5 Å². The molecule has 0 aromatic rings. The Morgan fingerprint density at radius 3 is 2.00 bits per heavy atom. The van der Waals surface area contributed by atoms with Crippen LogP contribution in [-0.4, -0.2) is 12.6 Å². The van der Waals surface area contributed by atoms with Crippen molar-refractivity contribution in [3.8, 4) is 0 Å². The second kappa shape index (κ2) is 8.57. The lowest BCUT2D eigenvalue weighted by Gasteiger charge is -2.13. The molecule has 12 heavy (non-hydrogen) atoms. The van der Waals surface area contributed by atoms with Crippen LogP contribution >= 0.6 is 0 Å². The fourth-order valence-corrected chi connectivity index (χ4v) is 1.22. The van der Waals surface area contributed by atoms with Crippen molar-refractivity contribution in [2.45, 2.75) is 58.5 Å². The topological polar surface area (TPSA) is 26.3 Å². The van der Waals surface area contributed by atoms with E-state index in [0.717, 1.165) is 25.7 Å². The van der Waals surface area contributed by atoms with Crippen molar-refractivity contribution in [2.24, 2.45) is 0 Å². The fraction of sp³-hybridized carbons (Fsp3) is 0.900. The van der Waals surface area contributed by atoms with Gasteiger partial charge in [0.25, 0.3) is 6.47 Å². The quantitative estimate of drug-likeness (QED) is 0.526. The zero-order valence-corrected chi connectivity index (χ0v) is 8.21. The summed E-state index contributed by atoms with van der Waals surface area (Å²) in [6, 6.07) is 0. The molecule has 0 aliphatic heterocycles. The van der Waals surface area contributed by atoms with Gasteiger partial charge in [-0.15, -0.1) is 0 Å². The van der Waals surface area contributed by atoms with Gasteiger partial charge >= 0.3 is 0 Å². The summed E-state index contributed by atoms with van der Waals surface area (Å²) in [7, 11) is 0. The highest BCUT2D eigenvalue weighted by Gasteiger charge is 2.06. The molecule has 0 aromatic carbocycles. The summed E-state index contributed by atoms with van der Waals surface area (Å²) in [5, 5.41) is 0. The Morgan fingerprint density at radius 2 is 1.67 bits per heavy atom. The first kappa shape index (κ1) is 11.5. The minimum absolute atomic E-state index is 0.169. The van der Waals surface area contributed by atoms with Gasteiger partial charge in [-0.25, -0.2) is 0 Å². The normalized spacial score (nSPS) is 10.2. The van der Waals surface area contributed by atoms with Crippen LogP contribution in [0.2, 0.25) is 0 Å². The average molecular weight is 172 g/mol. The number of hydrogen-bond donors (Lipinski definition) is 0. The molecule has 0 saturated carbocycles. The predicted molar refractivity (Wildman–Crippen MR) is 50.0 cm³/mol. The van der Waals surface area contributed by atoms with Crippen molar-refractivity contribution in [1.29, 1.82) is 0 Å². The molecule has 0 aliphatic carbocycles. The Balaban J connectivity index is 3.46. The summed E-state index contributed by atoms with van der Waals surface area (Å²) in [5.41, 5.74) is 0. The van der Waals surface area contributed by atoms with Gasteiger partial charge in [0.15, 0.2) is 0 Å². The van der Waals surface area contributed by atoms with Crippen molar-refractivity contribution >= 4 is 6.47 Å². The van der Waals surface area contributed by atoms with Crippen LogP contribution in [0, 0.1) is 0 Å². The van der Waals surface area contributed by atoms with Crippen LogP contribution in [0.25, 0.3) is 0 Å². The van der Waals surface area contributed by atoms with Crippen LogP contribution < -0.4 is 0 Å². The van der Waals surface area contributed by atoms with E-state index >= 15 is 0 Å². The molecule has 0 unspecified atom stereocenters. The van der Waals surface area contributed by atoms with Crippen molar-refractivity contribution in [1.82, 2.24) is 0 Å². The van der Waals surface area contributed by atoms with Gasteiger partial charge in [-0.2, -0.15) is 0 Å². The summed E-state index contributed by atoms with van der Waals surface area (Å²) in [6.45, 7) is 4.88. The molecular formula is C10H20O2. The first-order valence-electron chi connectivity index (χ1n) is 4.94.